The van der Waals surface area contributed by atoms with Crippen LogP contribution in [0, 0.1) is 0 Å². The molecule has 2 aromatic heterocycles. The molecule has 0 fully saturated rings. The summed E-state index contributed by atoms with van der Waals surface area (Å²) in [5.74, 6) is 0.492. The largest absolute Gasteiger partial charge is 0.382 e. The fraction of sp³-hybridized carbons (Fsp3) is 0.286. The molecule has 0 aliphatic carbocycles. The van der Waals surface area contributed by atoms with Gasteiger partial charge in [0.2, 0.25) is 0 Å². The Bertz CT molecular complexity index is 705. The molecule has 2 heterocycles. The van der Waals surface area contributed by atoms with Gasteiger partial charge in [-0.05, 0) is 24.5 Å². The summed E-state index contributed by atoms with van der Waals surface area (Å²) in [7, 11) is 0. The van der Waals surface area contributed by atoms with Crippen LogP contribution in [0.2, 0.25) is 0 Å². The third-order valence-electron chi connectivity index (χ3n) is 3.32. The second-order valence-electron chi connectivity index (χ2n) is 4.56. The number of rotatable bonds is 3. The number of nitrogen functional groups attached to an aromatic ring is 1. The minimum atomic E-state index is 0. The van der Waals surface area contributed by atoms with E-state index in [4.69, 9.17) is 5.73 Å². The highest BCUT2D eigenvalue weighted by molar-refractivity contribution is 6.09. The van der Waals surface area contributed by atoms with Crippen LogP contribution in [0.1, 0.15) is 25.3 Å². The zero-order valence-corrected chi connectivity index (χ0v) is 11.6. The first-order valence-electron chi connectivity index (χ1n) is 6.32. The Morgan fingerprint density at radius 2 is 2.16 bits per heavy atom. The van der Waals surface area contributed by atoms with Gasteiger partial charge in [-0.3, -0.25) is 5.10 Å². The molecule has 0 atom stereocenters. The number of nitrogens with two attached hydrogens (primary N) is 1. The van der Waals surface area contributed by atoms with E-state index in [9.17, 15) is 0 Å². The van der Waals surface area contributed by atoms with Gasteiger partial charge < -0.3 is 5.73 Å². The van der Waals surface area contributed by atoms with Gasteiger partial charge in [-0.15, -0.1) is 12.4 Å². The number of H-pyrrole nitrogens is 1. The summed E-state index contributed by atoms with van der Waals surface area (Å²) >= 11 is 0. The van der Waals surface area contributed by atoms with Gasteiger partial charge >= 0.3 is 0 Å². The maximum Gasteiger partial charge on any atom is 0.152 e. The van der Waals surface area contributed by atoms with E-state index >= 15 is 0 Å². The monoisotopic (exact) mass is 276 g/mol. The maximum atomic E-state index is 5.92. The van der Waals surface area contributed by atoms with Crippen LogP contribution in [0.25, 0.3) is 21.8 Å². The van der Waals surface area contributed by atoms with E-state index in [1.165, 1.54) is 23.8 Å². The first-order valence-corrected chi connectivity index (χ1v) is 6.32. The molecule has 3 aromatic rings. The summed E-state index contributed by atoms with van der Waals surface area (Å²) in [6.07, 6.45) is 5.35. The van der Waals surface area contributed by atoms with E-state index in [2.05, 4.69) is 28.2 Å². The van der Waals surface area contributed by atoms with E-state index in [0.717, 1.165) is 22.8 Å². The highest BCUT2D eigenvalue weighted by Gasteiger charge is 2.11. The number of benzene rings is 1. The Balaban J connectivity index is 0.00000133. The third kappa shape index (κ3) is 2.24. The van der Waals surface area contributed by atoms with Gasteiger partial charge in [-0.2, -0.15) is 5.10 Å². The molecule has 19 heavy (non-hydrogen) atoms. The predicted molar refractivity (Wildman–Crippen MR) is 81.7 cm³/mol. The molecule has 3 N–H and O–H groups in total. The van der Waals surface area contributed by atoms with Gasteiger partial charge in [-0.1, -0.05) is 25.5 Å². The summed E-state index contributed by atoms with van der Waals surface area (Å²) in [5.41, 5.74) is 8.97. The summed E-state index contributed by atoms with van der Waals surface area (Å²) in [6, 6.07) is 6.22. The van der Waals surface area contributed by atoms with Gasteiger partial charge in [0.25, 0.3) is 0 Å². The Morgan fingerprint density at radius 3 is 2.95 bits per heavy atom. The van der Waals surface area contributed by atoms with Crippen LogP contribution in [-0.2, 0) is 6.42 Å². The quantitative estimate of drug-likeness (QED) is 0.770. The molecule has 0 aliphatic rings. The maximum absolute atomic E-state index is 5.92. The molecule has 4 nitrogen and oxygen atoms in total. The molecule has 0 unspecified atom stereocenters. The minimum absolute atomic E-state index is 0. The zero-order chi connectivity index (χ0) is 12.5. The van der Waals surface area contributed by atoms with E-state index in [0.29, 0.717) is 5.82 Å². The molecule has 0 radical (unpaired) electrons. The van der Waals surface area contributed by atoms with E-state index < -0.39 is 0 Å². The van der Waals surface area contributed by atoms with E-state index in [1.54, 1.807) is 0 Å². The molecule has 3 rings (SSSR count). The fourth-order valence-electron chi connectivity index (χ4n) is 2.42. The second kappa shape index (κ2) is 5.45. The number of halogens is 1. The number of anilines is 1. The first kappa shape index (κ1) is 13.6. The summed E-state index contributed by atoms with van der Waals surface area (Å²) in [6.45, 7) is 2.20. The van der Waals surface area contributed by atoms with Crippen molar-refractivity contribution >= 4 is 40.0 Å². The van der Waals surface area contributed by atoms with Crippen LogP contribution in [0.4, 0.5) is 5.82 Å². The number of pyridine rings is 1. The number of nitrogens with zero attached hydrogens (tertiary/aromatic N) is 2. The molecule has 0 spiro atoms. The van der Waals surface area contributed by atoms with Crippen molar-refractivity contribution in [2.75, 3.05) is 5.73 Å². The van der Waals surface area contributed by atoms with Crippen molar-refractivity contribution in [1.82, 2.24) is 15.2 Å². The molecular formula is C14H17ClN4. The molecule has 100 valence electrons. The molecule has 0 aliphatic heterocycles. The SMILES string of the molecule is CCCCc1cccc2nc(N)c3n[nH]cc3c12.Cl. The lowest BCUT2D eigenvalue weighted by atomic mass is 10.0. The molecule has 0 bridgehead atoms. The van der Waals surface area contributed by atoms with Gasteiger partial charge in [-0.25, -0.2) is 4.98 Å². The standard InChI is InChI=1S/C14H16N4.ClH/c1-2-3-5-9-6-4-7-11-12(9)10-8-16-18-13(10)14(15)17-11;/h4,6-8H,2-3,5H2,1H3,(H2,15,17)(H,16,18);1H. The number of hydrogen-bond acceptors (Lipinski definition) is 3. The zero-order valence-electron chi connectivity index (χ0n) is 10.8. The number of fused-ring (bicyclic) bond motifs is 3. The Kier molecular flexibility index (Phi) is 3.90. The Labute approximate surface area is 117 Å². The van der Waals surface area contributed by atoms with Crippen LogP contribution in [0.5, 0.6) is 0 Å². The lowest BCUT2D eigenvalue weighted by Gasteiger charge is -2.07. The highest BCUT2D eigenvalue weighted by atomic mass is 35.5. The smallest absolute Gasteiger partial charge is 0.152 e. The normalized spacial score (nSPS) is 10.8. The van der Waals surface area contributed by atoms with Crippen molar-refractivity contribution in [3.63, 3.8) is 0 Å². The minimum Gasteiger partial charge on any atom is -0.382 e. The van der Waals surface area contributed by atoms with Crippen molar-refractivity contribution in [1.29, 1.82) is 0 Å². The fourth-order valence-corrected chi connectivity index (χ4v) is 2.42. The molecule has 0 amide bonds. The van der Waals surface area contributed by atoms with Crippen LogP contribution in [0.15, 0.2) is 24.4 Å². The van der Waals surface area contributed by atoms with Crippen molar-refractivity contribution in [2.24, 2.45) is 0 Å². The first-order chi connectivity index (χ1) is 8.81. The van der Waals surface area contributed by atoms with E-state index in [1.807, 2.05) is 18.3 Å². The van der Waals surface area contributed by atoms with Crippen molar-refractivity contribution in [3.05, 3.63) is 30.0 Å². The highest BCUT2D eigenvalue weighted by Crippen LogP contribution is 2.29. The van der Waals surface area contributed by atoms with Crippen molar-refractivity contribution in [2.45, 2.75) is 26.2 Å². The predicted octanol–water partition coefficient (Wildman–Crippen LogP) is 3.46. The van der Waals surface area contributed by atoms with Crippen LogP contribution >= 0.6 is 12.4 Å². The van der Waals surface area contributed by atoms with E-state index in [-0.39, 0.29) is 12.4 Å². The van der Waals surface area contributed by atoms with Gasteiger partial charge in [0.15, 0.2) is 5.82 Å². The lowest BCUT2D eigenvalue weighted by molar-refractivity contribution is 0.799. The average molecular weight is 277 g/mol. The van der Waals surface area contributed by atoms with Gasteiger partial charge in [0.05, 0.1) is 5.52 Å². The summed E-state index contributed by atoms with van der Waals surface area (Å²) in [5, 5.41) is 9.32. The number of nitrogens with one attached hydrogen (secondary N) is 1. The topological polar surface area (TPSA) is 67.6 Å². The summed E-state index contributed by atoms with van der Waals surface area (Å²) in [4.78, 5) is 4.44. The van der Waals surface area contributed by atoms with Gasteiger partial charge in [0.1, 0.15) is 5.52 Å². The molecular weight excluding hydrogens is 260 g/mol. The Hall–Kier alpha value is -1.81. The number of aromatic amines is 1. The molecule has 1 aromatic carbocycles. The van der Waals surface area contributed by atoms with Crippen LogP contribution < -0.4 is 5.73 Å². The van der Waals surface area contributed by atoms with Crippen molar-refractivity contribution in [3.8, 4) is 0 Å². The molecule has 5 heteroatoms. The number of aromatic nitrogens is 3. The van der Waals surface area contributed by atoms with Crippen molar-refractivity contribution < 1.29 is 0 Å². The van der Waals surface area contributed by atoms with Crippen LogP contribution in [0.3, 0.4) is 0 Å². The summed E-state index contributed by atoms with van der Waals surface area (Å²) < 4.78 is 0. The number of aryl methyl sites for hydroxylation is 1. The number of unbranched alkanes of at least 4 members (excludes halogenated alkanes) is 1. The Morgan fingerprint density at radius 1 is 1.32 bits per heavy atom. The second-order valence-corrected chi connectivity index (χ2v) is 4.56. The average Bonchev–Trinajstić information content (AvgIpc) is 2.86. The van der Waals surface area contributed by atoms with Crippen LogP contribution in [-0.4, -0.2) is 15.2 Å². The molecule has 0 saturated carbocycles. The lowest BCUT2D eigenvalue weighted by Crippen LogP contribution is -1.95. The molecule has 0 saturated heterocycles. The van der Waals surface area contributed by atoms with Gasteiger partial charge in [0, 0.05) is 17.0 Å². The third-order valence-corrected chi connectivity index (χ3v) is 3.32. The number of hydrogen-bond donors (Lipinski definition) is 2.